The minimum absolute atomic E-state index is 0.0248. The van der Waals surface area contributed by atoms with Gasteiger partial charge in [-0.1, -0.05) is 11.6 Å². The normalized spacial score (nSPS) is 18.4. The van der Waals surface area contributed by atoms with Crippen LogP contribution in [0.3, 0.4) is 0 Å². The van der Waals surface area contributed by atoms with Crippen molar-refractivity contribution < 1.29 is 29.6 Å². The molecule has 0 saturated carbocycles. The molecular weight excluding hydrogens is 348 g/mol. The van der Waals surface area contributed by atoms with Crippen LogP contribution in [0.4, 0.5) is 0 Å². The third-order valence-corrected chi connectivity index (χ3v) is 4.65. The standard InChI is InChI=1S/C21H22O6/c1-12(2)4-6-14-17(22)9-7-15-19(14)27-11-21(25,20(15)24)16-8-5-13(26-3)10-18(16)23/h4-5,7-10,22-23,25H,6,11H2,1-3H3. The molecule has 0 spiro atoms. The number of benzene rings is 2. The summed E-state index contributed by atoms with van der Waals surface area (Å²) in [7, 11) is 1.45. The summed E-state index contributed by atoms with van der Waals surface area (Å²) >= 11 is 0. The van der Waals surface area contributed by atoms with Crippen molar-refractivity contribution in [3.8, 4) is 23.0 Å². The van der Waals surface area contributed by atoms with Gasteiger partial charge in [0.15, 0.2) is 5.60 Å². The van der Waals surface area contributed by atoms with Gasteiger partial charge in [-0.3, -0.25) is 4.79 Å². The van der Waals surface area contributed by atoms with Crippen molar-refractivity contribution in [2.75, 3.05) is 13.7 Å². The Morgan fingerprint density at radius 1 is 1.22 bits per heavy atom. The third-order valence-electron chi connectivity index (χ3n) is 4.65. The Balaban J connectivity index is 2.06. The highest BCUT2D eigenvalue weighted by Gasteiger charge is 2.46. The first-order valence-electron chi connectivity index (χ1n) is 8.53. The molecule has 6 heteroatoms. The number of Topliss-reactive ketones (excluding diaryl/α,β-unsaturated/α-hetero) is 1. The van der Waals surface area contributed by atoms with Crippen LogP contribution < -0.4 is 9.47 Å². The van der Waals surface area contributed by atoms with E-state index in [9.17, 15) is 20.1 Å². The molecule has 6 nitrogen and oxygen atoms in total. The minimum atomic E-state index is -2.03. The molecule has 0 radical (unpaired) electrons. The molecule has 1 heterocycles. The Bertz CT molecular complexity index is 927. The van der Waals surface area contributed by atoms with Crippen LogP contribution in [0.2, 0.25) is 0 Å². The Labute approximate surface area is 157 Å². The van der Waals surface area contributed by atoms with E-state index >= 15 is 0 Å². The van der Waals surface area contributed by atoms with Gasteiger partial charge in [-0.25, -0.2) is 0 Å². The van der Waals surface area contributed by atoms with Gasteiger partial charge in [-0.15, -0.1) is 0 Å². The van der Waals surface area contributed by atoms with E-state index in [-0.39, 0.29) is 35.0 Å². The summed E-state index contributed by atoms with van der Waals surface area (Å²) in [5, 5.41) is 31.5. The average molecular weight is 370 g/mol. The average Bonchev–Trinajstić information content (AvgIpc) is 2.63. The Morgan fingerprint density at radius 3 is 2.59 bits per heavy atom. The fourth-order valence-electron chi connectivity index (χ4n) is 3.12. The zero-order valence-corrected chi connectivity index (χ0v) is 15.4. The van der Waals surface area contributed by atoms with Crippen molar-refractivity contribution in [2.45, 2.75) is 25.9 Å². The molecule has 2 aromatic carbocycles. The maximum atomic E-state index is 13.1. The van der Waals surface area contributed by atoms with Crippen molar-refractivity contribution in [1.82, 2.24) is 0 Å². The lowest BCUT2D eigenvalue weighted by molar-refractivity contribution is -0.00659. The molecule has 3 rings (SSSR count). The molecule has 1 aliphatic rings. The van der Waals surface area contributed by atoms with E-state index in [4.69, 9.17) is 9.47 Å². The summed E-state index contributed by atoms with van der Waals surface area (Å²) in [6.07, 6.45) is 2.32. The summed E-state index contributed by atoms with van der Waals surface area (Å²) < 4.78 is 10.8. The molecule has 0 bridgehead atoms. The SMILES string of the molecule is COc1ccc(C2(O)COc3c(ccc(O)c3CC=C(C)C)C2=O)c(O)c1. The van der Waals surface area contributed by atoms with Gasteiger partial charge in [0.05, 0.1) is 12.7 Å². The number of allylic oxidation sites excluding steroid dienone is 2. The monoisotopic (exact) mass is 370 g/mol. The molecule has 0 aromatic heterocycles. The maximum Gasteiger partial charge on any atom is 0.206 e. The molecule has 27 heavy (non-hydrogen) atoms. The fourth-order valence-corrected chi connectivity index (χ4v) is 3.12. The van der Waals surface area contributed by atoms with Crippen molar-refractivity contribution in [3.05, 3.63) is 58.7 Å². The number of aliphatic hydroxyl groups is 1. The number of methoxy groups -OCH3 is 1. The zero-order valence-electron chi connectivity index (χ0n) is 15.4. The van der Waals surface area contributed by atoms with Crippen molar-refractivity contribution in [1.29, 1.82) is 0 Å². The van der Waals surface area contributed by atoms with Crippen molar-refractivity contribution in [3.63, 3.8) is 0 Å². The topological polar surface area (TPSA) is 96.2 Å². The van der Waals surface area contributed by atoms with Crippen LogP contribution >= 0.6 is 0 Å². The molecule has 1 unspecified atom stereocenters. The highest BCUT2D eigenvalue weighted by atomic mass is 16.5. The van der Waals surface area contributed by atoms with E-state index in [2.05, 4.69) is 0 Å². The van der Waals surface area contributed by atoms with Crippen molar-refractivity contribution >= 4 is 5.78 Å². The fraction of sp³-hybridized carbons (Fsp3) is 0.286. The number of carbonyl (C=O) groups excluding carboxylic acids is 1. The number of ether oxygens (including phenoxy) is 2. The summed E-state index contributed by atoms with van der Waals surface area (Å²) in [6.45, 7) is 3.50. The lowest BCUT2D eigenvalue weighted by Crippen LogP contribution is -2.45. The smallest absolute Gasteiger partial charge is 0.206 e. The molecular formula is C21H22O6. The van der Waals surface area contributed by atoms with Gasteiger partial charge >= 0.3 is 0 Å². The summed E-state index contributed by atoms with van der Waals surface area (Å²) in [4.78, 5) is 13.1. The number of phenols is 2. The lowest BCUT2D eigenvalue weighted by atomic mass is 9.83. The molecule has 0 aliphatic carbocycles. The van der Waals surface area contributed by atoms with Gasteiger partial charge in [0.1, 0.15) is 29.6 Å². The number of rotatable bonds is 4. The summed E-state index contributed by atoms with van der Waals surface area (Å²) in [5.41, 5.74) is -0.280. The van der Waals surface area contributed by atoms with Gasteiger partial charge in [0, 0.05) is 17.2 Å². The van der Waals surface area contributed by atoms with E-state index in [1.807, 2.05) is 19.9 Å². The highest BCUT2D eigenvalue weighted by molar-refractivity contribution is 6.07. The highest BCUT2D eigenvalue weighted by Crippen LogP contribution is 2.43. The maximum absolute atomic E-state index is 13.1. The molecule has 142 valence electrons. The number of hydrogen-bond acceptors (Lipinski definition) is 6. The second-order valence-corrected chi connectivity index (χ2v) is 6.79. The summed E-state index contributed by atoms with van der Waals surface area (Å²) in [6, 6.07) is 7.14. The molecule has 1 aliphatic heterocycles. The third kappa shape index (κ3) is 3.24. The van der Waals surface area contributed by atoms with Gasteiger partial charge in [-0.2, -0.15) is 0 Å². The first-order valence-corrected chi connectivity index (χ1v) is 8.53. The molecule has 2 aromatic rings. The van der Waals surface area contributed by atoms with Gasteiger partial charge in [0.2, 0.25) is 5.78 Å². The van der Waals surface area contributed by atoms with E-state index in [1.54, 1.807) is 6.07 Å². The minimum Gasteiger partial charge on any atom is -0.508 e. The largest absolute Gasteiger partial charge is 0.508 e. The van der Waals surface area contributed by atoms with Gasteiger partial charge in [0.25, 0.3) is 0 Å². The van der Waals surface area contributed by atoms with Crippen LogP contribution in [-0.4, -0.2) is 34.8 Å². The van der Waals surface area contributed by atoms with Crippen LogP contribution in [0, 0.1) is 0 Å². The van der Waals surface area contributed by atoms with Gasteiger partial charge in [-0.05, 0) is 44.5 Å². The predicted molar refractivity (Wildman–Crippen MR) is 99.6 cm³/mol. The molecule has 0 saturated heterocycles. The van der Waals surface area contributed by atoms with Crippen LogP contribution in [0.1, 0.15) is 35.3 Å². The molecule has 0 amide bonds. The number of phenolic OH excluding ortho intramolecular Hbond substituents is 2. The van der Waals surface area contributed by atoms with E-state index in [0.717, 1.165) is 5.57 Å². The lowest BCUT2D eigenvalue weighted by Gasteiger charge is -2.33. The second-order valence-electron chi connectivity index (χ2n) is 6.79. The number of aromatic hydroxyl groups is 2. The van der Waals surface area contributed by atoms with E-state index < -0.39 is 11.4 Å². The Hall–Kier alpha value is -2.99. The van der Waals surface area contributed by atoms with Crippen LogP contribution in [-0.2, 0) is 12.0 Å². The molecule has 0 fully saturated rings. The van der Waals surface area contributed by atoms with E-state index in [0.29, 0.717) is 17.7 Å². The van der Waals surface area contributed by atoms with E-state index in [1.165, 1.54) is 31.4 Å². The zero-order chi connectivity index (χ0) is 19.8. The first kappa shape index (κ1) is 18.8. The van der Waals surface area contributed by atoms with Crippen molar-refractivity contribution in [2.24, 2.45) is 0 Å². The Morgan fingerprint density at radius 2 is 1.96 bits per heavy atom. The van der Waals surface area contributed by atoms with Crippen LogP contribution in [0.25, 0.3) is 0 Å². The quantitative estimate of drug-likeness (QED) is 0.716. The van der Waals surface area contributed by atoms with Gasteiger partial charge < -0.3 is 24.8 Å². The molecule has 1 atom stereocenters. The van der Waals surface area contributed by atoms with Crippen LogP contribution in [0.15, 0.2) is 42.0 Å². The second kappa shape index (κ2) is 6.96. The molecule has 3 N–H and O–H groups in total. The first-order chi connectivity index (χ1) is 12.8. The predicted octanol–water partition coefficient (Wildman–Crippen LogP) is 3.08. The number of ketones is 1. The number of hydrogen-bond donors (Lipinski definition) is 3. The number of fused-ring (bicyclic) bond motifs is 1. The number of carbonyl (C=O) groups is 1. The summed E-state index contributed by atoms with van der Waals surface area (Å²) in [5.74, 6) is -0.172. The Kier molecular flexibility index (Phi) is 4.85. The van der Waals surface area contributed by atoms with Crippen LogP contribution in [0.5, 0.6) is 23.0 Å².